The van der Waals surface area contributed by atoms with Gasteiger partial charge in [0.15, 0.2) is 0 Å². The van der Waals surface area contributed by atoms with Crippen molar-refractivity contribution in [3.63, 3.8) is 0 Å². The molecule has 86 valence electrons. The summed E-state index contributed by atoms with van der Waals surface area (Å²) in [7, 11) is 1.61. The lowest BCUT2D eigenvalue weighted by Gasteiger charge is -1.98. The lowest BCUT2D eigenvalue weighted by molar-refractivity contribution is 0.0964. The number of carbonyl (C=O) groups is 1. The minimum atomic E-state index is -0.106. The number of fused-ring (bicyclic) bond motifs is 1. The molecular formula is C12H17N3O. The van der Waals surface area contributed by atoms with Crippen molar-refractivity contribution in [3.05, 3.63) is 35.7 Å². The van der Waals surface area contributed by atoms with Gasteiger partial charge in [-0.1, -0.05) is 13.8 Å². The summed E-state index contributed by atoms with van der Waals surface area (Å²) >= 11 is 0. The minimum Gasteiger partial charge on any atom is -0.355 e. The van der Waals surface area contributed by atoms with Gasteiger partial charge in [-0.3, -0.25) is 4.79 Å². The Balaban J connectivity index is 0.000000606. The molecule has 0 fully saturated rings. The van der Waals surface area contributed by atoms with E-state index in [1.165, 1.54) is 0 Å². The third-order valence-electron chi connectivity index (χ3n) is 2.15. The molecule has 0 aliphatic heterocycles. The number of amides is 1. The molecule has 4 heteroatoms. The van der Waals surface area contributed by atoms with Crippen molar-refractivity contribution in [3.8, 4) is 0 Å². The first kappa shape index (κ1) is 12.2. The lowest BCUT2D eigenvalue weighted by atomic mass is 10.2. The maximum absolute atomic E-state index is 11.4. The van der Waals surface area contributed by atoms with E-state index in [9.17, 15) is 4.79 Å². The average molecular weight is 219 g/mol. The SMILES string of the molecule is CC.CNC(=O)c1cnn2ccc(C)cc12. The van der Waals surface area contributed by atoms with E-state index in [0.29, 0.717) is 5.56 Å². The topological polar surface area (TPSA) is 46.4 Å². The van der Waals surface area contributed by atoms with E-state index in [0.717, 1.165) is 11.1 Å². The van der Waals surface area contributed by atoms with Gasteiger partial charge in [-0.15, -0.1) is 0 Å². The minimum absolute atomic E-state index is 0.106. The number of nitrogens with zero attached hydrogens (tertiary/aromatic N) is 2. The van der Waals surface area contributed by atoms with Crippen LogP contribution < -0.4 is 5.32 Å². The Kier molecular flexibility index (Phi) is 4.05. The summed E-state index contributed by atoms with van der Waals surface area (Å²) in [6, 6.07) is 3.89. The molecule has 4 nitrogen and oxygen atoms in total. The molecule has 0 aromatic carbocycles. The Morgan fingerprint density at radius 1 is 1.44 bits per heavy atom. The predicted octanol–water partition coefficient (Wildman–Crippen LogP) is 2.03. The molecule has 0 aliphatic rings. The fourth-order valence-electron chi connectivity index (χ4n) is 1.40. The highest BCUT2D eigenvalue weighted by atomic mass is 16.1. The van der Waals surface area contributed by atoms with Crippen LogP contribution in [0.15, 0.2) is 24.5 Å². The Bertz CT molecular complexity index is 488. The van der Waals surface area contributed by atoms with Crippen molar-refractivity contribution in [2.75, 3.05) is 7.05 Å². The first-order chi connectivity index (χ1) is 7.72. The molecule has 2 heterocycles. The first-order valence-electron chi connectivity index (χ1n) is 5.38. The second kappa shape index (κ2) is 5.30. The molecule has 1 amide bonds. The normalized spacial score (nSPS) is 9.50. The Hall–Kier alpha value is -1.84. The second-order valence-electron chi connectivity index (χ2n) is 3.17. The van der Waals surface area contributed by atoms with Crippen molar-refractivity contribution in [2.45, 2.75) is 20.8 Å². The molecule has 2 rings (SSSR count). The first-order valence-corrected chi connectivity index (χ1v) is 5.38. The van der Waals surface area contributed by atoms with Gasteiger partial charge in [0.2, 0.25) is 0 Å². The van der Waals surface area contributed by atoms with Crippen LogP contribution in [-0.4, -0.2) is 22.6 Å². The zero-order chi connectivity index (χ0) is 12.1. The summed E-state index contributed by atoms with van der Waals surface area (Å²) in [6.45, 7) is 5.99. The number of hydrogen-bond donors (Lipinski definition) is 1. The molecule has 2 aromatic rings. The van der Waals surface area contributed by atoms with Gasteiger partial charge < -0.3 is 5.32 Å². The maximum atomic E-state index is 11.4. The van der Waals surface area contributed by atoms with Crippen LogP contribution in [-0.2, 0) is 0 Å². The quantitative estimate of drug-likeness (QED) is 0.797. The van der Waals surface area contributed by atoms with Crippen LogP contribution in [0.2, 0.25) is 0 Å². The van der Waals surface area contributed by atoms with Crippen LogP contribution in [0, 0.1) is 6.92 Å². The van der Waals surface area contributed by atoms with Gasteiger partial charge in [0.25, 0.3) is 5.91 Å². The van der Waals surface area contributed by atoms with Gasteiger partial charge in [0.1, 0.15) is 0 Å². The van der Waals surface area contributed by atoms with E-state index in [2.05, 4.69) is 10.4 Å². The number of rotatable bonds is 1. The van der Waals surface area contributed by atoms with Crippen molar-refractivity contribution in [2.24, 2.45) is 0 Å². The van der Waals surface area contributed by atoms with Gasteiger partial charge in [0, 0.05) is 13.2 Å². The smallest absolute Gasteiger partial charge is 0.254 e. The molecule has 0 saturated carbocycles. The molecule has 1 N–H and O–H groups in total. The van der Waals surface area contributed by atoms with E-state index >= 15 is 0 Å². The fourth-order valence-corrected chi connectivity index (χ4v) is 1.40. The van der Waals surface area contributed by atoms with Crippen LogP contribution >= 0.6 is 0 Å². The lowest BCUT2D eigenvalue weighted by Crippen LogP contribution is -2.17. The van der Waals surface area contributed by atoms with Crippen molar-refractivity contribution in [1.29, 1.82) is 0 Å². The fraction of sp³-hybridized carbons (Fsp3) is 0.333. The van der Waals surface area contributed by atoms with Gasteiger partial charge in [-0.25, -0.2) is 4.52 Å². The largest absolute Gasteiger partial charge is 0.355 e. The molecule has 0 bridgehead atoms. The number of hydrogen-bond acceptors (Lipinski definition) is 2. The van der Waals surface area contributed by atoms with E-state index in [1.54, 1.807) is 17.8 Å². The number of nitrogens with one attached hydrogen (secondary N) is 1. The van der Waals surface area contributed by atoms with Crippen molar-refractivity contribution < 1.29 is 4.79 Å². The molecule has 0 atom stereocenters. The summed E-state index contributed by atoms with van der Waals surface area (Å²) in [5, 5.41) is 6.67. The van der Waals surface area contributed by atoms with E-state index in [1.807, 2.05) is 39.1 Å². The van der Waals surface area contributed by atoms with Gasteiger partial charge in [-0.2, -0.15) is 5.10 Å². The third-order valence-corrected chi connectivity index (χ3v) is 2.15. The summed E-state index contributed by atoms with van der Waals surface area (Å²) in [6.07, 6.45) is 3.42. The molecule has 0 radical (unpaired) electrons. The molecule has 0 saturated heterocycles. The average Bonchev–Trinajstić information content (AvgIpc) is 2.73. The number of pyridine rings is 1. The molecule has 0 spiro atoms. The van der Waals surface area contributed by atoms with Crippen LogP contribution in [0.5, 0.6) is 0 Å². The van der Waals surface area contributed by atoms with Crippen molar-refractivity contribution in [1.82, 2.24) is 14.9 Å². The van der Waals surface area contributed by atoms with Gasteiger partial charge in [0.05, 0.1) is 17.3 Å². The monoisotopic (exact) mass is 219 g/mol. The second-order valence-corrected chi connectivity index (χ2v) is 3.17. The van der Waals surface area contributed by atoms with Crippen LogP contribution in [0.3, 0.4) is 0 Å². The Morgan fingerprint density at radius 3 is 2.75 bits per heavy atom. The van der Waals surface area contributed by atoms with Crippen LogP contribution in [0.4, 0.5) is 0 Å². The van der Waals surface area contributed by atoms with E-state index < -0.39 is 0 Å². The van der Waals surface area contributed by atoms with Crippen molar-refractivity contribution >= 4 is 11.4 Å². The zero-order valence-corrected chi connectivity index (χ0v) is 10.1. The summed E-state index contributed by atoms with van der Waals surface area (Å²) in [5.74, 6) is -0.106. The Morgan fingerprint density at radius 2 is 2.12 bits per heavy atom. The summed E-state index contributed by atoms with van der Waals surface area (Å²) in [4.78, 5) is 11.4. The summed E-state index contributed by atoms with van der Waals surface area (Å²) in [5.41, 5.74) is 2.56. The number of aryl methyl sites for hydroxylation is 1. The number of aromatic nitrogens is 2. The standard InChI is InChI=1S/C10H11N3O.C2H6/c1-7-3-4-13-9(5-7)8(6-12-13)10(14)11-2;1-2/h3-6H,1-2H3,(H,11,14);1-2H3. The predicted molar refractivity (Wildman–Crippen MR) is 64.7 cm³/mol. The molecule has 2 aromatic heterocycles. The van der Waals surface area contributed by atoms with Crippen LogP contribution in [0.1, 0.15) is 29.8 Å². The Labute approximate surface area is 95.3 Å². The number of carbonyl (C=O) groups excluding carboxylic acids is 1. The zero-order valence-electron chi connectivity index (χ0n) is 10.1. The summed E-state index contributed by atoms with van der Waals surface area (Å²) < 4.78 is 1.69. The highest BCUT2D eigenvalue weighted by Crippen LogP contribution is 2.11. The highest BCUT2D eigenvalue weighted by Gasteiger charge is 2.10. The maximum Gasteiger partial charge on any atom is 0.254 e. The third kappa shape index (κ3) is 2.21. The van der Waals surface area contributed by atoms with E-state index in [-0.39, 0.29) is 5.91 Å². The molecule has 0 unspecified atom stereocenters. The highest BCUT2D eigenvalue weighted by molar-refractivity contribution is 6.00. The van der Waals surface area contributed by atoms with E-state index in [4.69, 9.17) is 0 Å². The molecular weight excluding hydrogens is 202 g/mol. The van der Waals surface area contributed by atoms with Gasteiger partial charge >= 0.3 is 0 Å². The molecule has 0 aliphatic carbocycles. The van der Waals surface area contributed by atoms with Gasteiger partial charge in [-0.05, 0) is 24.6 Å². The molecule has 16 heavy (non-hydrogen) atoms. The van der Waals surface area contributed by atoms with Crippen LogP contribution in [0.25, 0.3) is 5.52 Å².